The van der Waals surface area contributed by atoms with Crippen molar-refractivity contribution in [3.05, 3.63) is 53.2 Å². The van der Waals surface area contributed by atoms with E-state index in [4.69, 9.17) is 4.74 Å². The summed E-state index contributed by atoms with van der Waals surface area (Å²) in [5, 5.41) is 5.67. The maximum absolute atomic E-state index is 12.2. The Kier molecular flexibility index (Phi) is 4.23. The highest BCUT2D eigenvalue weighted by molar-refractivity contribution is 5.97. The SMILES string of the molecule is COc1ccc(CNC(=O)c2ccc3c(c2)CCC(=O)N3)cn1. The van der Waals surface area contributed by atoms with Crippen molar-refractivity contribution >= 4 is 17.5 Å². The minimum Gasteiger partial charge on any atom is -0.481 e. The minimum absolute atomic E-state index is 0.0155. The monoisotopic (exact) mass is 311 g/mol. The summed E-state index contributed by atoms with van der Waals surface area (Å²) in [6.45, 7) is 0.393. The molecule has 0 saturated carbocycles. The van der Waals surface area contributed by atoms with Gasteiger partial charge >= 0.3 is 0 Å². The predicted octanol–water partition coefficient (Wildman–Crippen LogP) is 1.90. The molecule has 0 saturated heterocycles. The zero-order chi connectivity index (χ0) is 16.2. The molecule has 1 aliphatic rings. The summed E-state index contributed by atoms with van der Waals surface area (Å²) in [7, 11) is 1.56. The van der Waals surface area contributed by atoms with Gasteiger partial charge in [-0.2, -0.15) is 0 Å². The number of carbonyl (C=O) groups excluding carboxylic acids is 2. The summed E-state index contributed by atoms with van der Waals surface area (Å²) >= 11 is 0. The van der Waals surface area contributed by atoms with E-state index >= 15 is 0 Å². The average Bonchev–Trinajstić information content (AvgIpc) is 2.59. The van der Waals surface area contributed by atoms with Gasteiger partial charge in [-0.3, -0.25) is 9.59 Å². The number of aryl methyl sites for hydroxylation is 1. The fourth-order valence-corrected chi connectivity index (χ4v) is 2.45. The van der Waals surface area contributed by atoms with Gasteiger partial charge in [0.2, 0.25) is 11.8 Å². The smallest absolute Gasteiger partial charge is 0.251 e. The van der Waals surface area contributed by atoms with Gasteiger partial charge in [0.1, 0.15) is 0 Å². The molecule has 1 aromatic carbocycles. The van der Waals surface area contributed by atoms with Crippen LogP contribution in [0.15, 0.2) is 36.5 Å². The fraction of sp³-hybridized carbons (Fsp3) is 0.235. The second-order valence-corrected chi connectivity index (χ2v) is 5.31. The van der Waals surface area contributed by atoms with Crippen LogP contribution in [0, 0.1) is 0 Å². The third-order valence-electron chi connectivity index (χ3n) is 3.72. The minimum atomic E-state index is -0.152. The second kappa shape index (κ2) is 6.48. The van der Waals surface area contributed by atoms with E-state index in [1.807, 2.05) is 12.1 Å². The summed E-state index contributed by atoms with van der Waals surface area (Å²) in [5.74, 6) is 0.402. The van der Waals surface area contributed by atoms with Crippen molar-refractivity contribution in [3.8, 4) is 5.88 Å². The first kappa shape index (κ1) is 15.0. The number of rotatable bonds is 4. The number of fused-ring (bicyclic) bond motifs is 1. The van der Waals surface area contributed by atoms with Crippen molar-refractivity contribution in [1.82, 2.24) is 10.3 Å². The lowest BCUT2D eigenvalue weighted by Crippen LogP contribution is -2.24. The van der Waals surface area contributed by atoms with E-state index in [0.29, 0.717) is 30.8 Å². The molecular weight excluding hydrogens is 294 g/mol. The number of benzene rings is 1. The molecule has 2 N–H and O–H groups in total. The highest BCUT2D eigenvalue weighted by atomic mass is 16.5. The number of anilines is 1. The molecule has 0 unspecified atom stereocenters. The Hall–Kier alpha value is -2.89. The number of pyridine rings is 1. The Morgan fingerprint density at radius 3 is 2.91 bits per heavy atom. The van der Waals surface area contributed by atoms with Crippen LogP contribution in [-0.2, 0) is 17.8 Å². The Morgan fingerprint density at radius 2 is 2.17 bits per heavy atom. The lowest BCUT2D eigenvalue weighted by molar-refractivity contribution is -0.116. The van der Waals surface area contributed by atoms with E-state index in [1.165, 1.54) is 0 Å². The highest BCUT2D eigenvalue weighted by Crippen LogP contribution is 2.23. The molecule has 2 aromatic rings. The van der Waals surface area contributed by atoms with Gasteiger partial charge in [0.05, 0.1) is 7.11 Å². The molecule has 0 aliphatic carbocycles. The van der Waals surface area contributed by atoms with Crippen LogP contribution < -0.4 is 15.4 Å². The van der Waals surface area contributed by atoms with Crippen LogP contribution in [0.3, 0.4) is 0 Å². The topological polar surface area (TPSA) is 80.3 Å². The maximum Gasteiger partial charge on any atom is 0.251 e. The first-order valence-electron chi connectivity index (χ1n) is 7.35. The first-order valence-corrected chi connectivity index (χ1v) is 7.35. The molecule has 2 heterocycles. The van der Waals surface area contributed by atoms with E-state index in [0.717, 1.165) is 16.8 Å². The molecule has 0 atom stereocenters. The summed E-state index contributed by atoms with van der Waals surface area (Å²) < 4.78 is 5.00. The third-order valence-corrected chi connectivity index (χ3v) is 3.72. The number of nitrogens with one attached hydrogen (secondary N) is 2. The van der Waals surface area contributed by atoms with Gasteiger partial charge < -0.3 is 15.4 Å². The lowest BCUT2D eigenvalue weighted by atomic mass is 10.00. The number of methoxy groups -OCH3 is 1. The molecule has 0 fully saturated rings. The maximum atomic E-state index is 12.2. The van der Waals surface area contributed by atoms with Gasteiger partial charge in [0.15, 0.2) is 0 Å². The number of hydrogen-bond acceptors (Lipinski definition) is 4. The zero-order valence-electron chi connectivity index (χ0n) is 12.8. The van der Waals surface area contributed by atoms with E-state index in [9.17, 15) is 9.59 Å². The predicted molar refractivity (Wildman–Crippen MR) is 85.4 cm³/mol. The third kappa shape index (κ3) is 3.48. The van der Waals surface area contributed by atoms with E-state index < -0.39 is 0 Å². The quantitative estimate of drug-likeness (QED) is 0.904. The first-order chi connectivity index (χ1) is 11.2. The van der Waals surface area contributed by atoms with Crippen molar-refractivity contribution < 1.29 is 14.3 Å². The number of hydrogen-bond donors (Lipinski definition) is 2. The molecule has 1 aliphatic heterocycles. The Labute approximate surface area is 133 Å². The van der Waals surface area contributed by atoms with E-state index in [1.54, 1.807) is 31.5 Å². The molecule has 118 valence electrons. The normalized spacial score (nSPS) is 13.0. The van der Waals surface area contributed by atoms with Crippen LogP contribution in [0.5, 0.6) is 5.88 Å². The molecule has 0 bridgehead atoms. The van der Waals surface area contributed by atoms with Crippen LogP contribution >= 0.6 is 0 Å². The number of nitrogens with zero attached hydrogens (tertiary/aromatic N) is 1. The molecule has 23 heavy (non-hydrogen) atoms. The lowest BCUT2D eigenvalue weighted by Gasteiger charge is -2.17. The second-order valence-electron chi connectivity index (χ2n) is 5.31. The summed E-state index contributed by atoms with van der Waals surface area (Å²) in [6.07, 6.45) is 2.78. The van der Waals surface area contributed by atoms with Gasteiger partial charge in [-0.15, -0.1) is 0 Å². The molecule has 3 rings (SSSR count). The molecule has 0 spiro atoms. The molecule has 6 nitrogen and oxygen atoms in total. The molecular formula is C17H17N3O3. The summed E-state index contributed by atoms with van der Waals surface area (Å²) in [4.78, 5) is 27.7. The van der Waals surface area contributed by atoms with Crippen molar-refractivity contribution in [2.45, 2.75) is 19.4 Å². The van der Waals surface area contributed by atoms with Crippen molar-refractivity contribution in [2.75, 3.05) is 12.4 Å². The number of amides is 2. The van der Waals surface area contributed by atoms with Crippen LogP contribution in [0.4, 0.5) is 5.69 Å². The Balaban J connectivity index is 1.65. The van der Waals surface area contributed by atoms with Gasteiger partial charge in [-0.25, -0.2) is 4.98 Å². The number of carbonyl (C=O) groups is 2. The molecule has 2 amide bonds. The Bertz CT molecular complexity index is 741. The number of ether oxygens (including phenoxy) is 1. The van der Waals surface area contributed by atoms with Crippen molar-refractivity contribution in [2.24, 2.45) is 0 Å². The molecule has 1 aromatic heterocycles. The average molecular weight is 311 g/mol. The van der Waals surface area contributed by atoms with Crippen LogP contribution in [0.1, 0.15) is 27.9 Å². The van der Waals surface area contributed by atoms with Crippen molar-refractivity contribution in [1.29, 1.82) is 0 Å². The fourth-order valence-electron chi connectivity index (χ4n) is 2.45. The molecule has 0 radical (unpaired) electrons. The summed E-state index contributed by atoms with van der Waals surface area (Å²) in [6, 6.07) is 8.93. The summed E-state index contributed by atoms with van der Waals surface area (Å²) in [5.41, 5.74) is 3.26. The highest BCUT2D eigenvalue weighted by Gasteiger charge is 2.16. The van der Waals surface area contributed by atoms with Gasteiger partial charge in [0.25, 0.3) is 5.91 Å². The van der Waals surface area contributed by atoms with Crippen molar-refractivity contribution in [3.63, 3.8) is 0 Å². The van der Waals surface area contributed by atoms with Gasteiger partial charge in [0, 0.05) is 36.5 Å². The molecule has 6 heteroatoms. The van der Waals surface area contributed by atoms with Gasteiger partial charge in [-0.05, 0) is 35.7 Å². The van der Waals surface area contributed by atoms with Crippen LogP contribution in [0.25, 0.3) is 0 Å². The van der Waals surface area contributed by atoms with Crippen LogP contribution in [-0.4, -0.2) is 23.9 Å². The van der Waals surface area contributed by atoms with Crippen LogP contribution in [0.2, 0.25) is 0 Å². The Morgan fingerprint density at radius 1 is 1.30 bits per heavy atom. The zero-order valence-corrected chi connectivity index (χ0v) is 12.8. The van der Waals surface area contributed by atoms with Gasteiger partial charge in [-0.1, -0.05) is 6.07 Å². The standard InChI is InChI=1S/C17H17N3O3/c1-23-16-7-2-11(9-18-16)10-19-17(22)13-3-5-14-12(8-13)4-6-15(21)20-14/h2-3,5,7-9H,4,6,10H2,1H3,(H,19,22)(H,20,21). The van der Waals surface area contributed by atoms with E-state index in [2.05, 4.69) is 15.6 Å². The van der Waals surface area contributed by atoms with E-state index in [-0.39, 0.29) is 11.8 Å². The largest absolute Gasteiger partial charge is 0.481 e. The number of aromatic nitrogens is 1.